The number of benzene rings is 1. The van der Waals surface area contributed by atoms with Crippen molar-refractivity contribution >= 4 is 17.7 Å². The van der Waals surface area contributed by atoms with Crippen molar-refractivity contribution in [2.24, 2.45) is 11.8 Å². The fraction of sp³-hybridized carbons (Fsp3) is 0.636. The van der Waals surface area contributed by atoms with Gasteiger partial charge in [-0.05, 0) is 75.2 Å². The average Bonchev–Trinajstić information content (AvgIpc) is 3.55. The van der Waals surface area contributed by atoms with Crippen molar-refractivity contribution in [3.05, 3.63) is 29.6 Å². The molecule has 1 aromatic rings. The van der Waals surface area contributed by atoms with Crippen LogP contribution in [0.15, 0.2) is 18.2 Å². The molecular formula is C22H32FN3O3. The Bertz CT molecular complexity index is 715. The largest absolute Gasteiger partial charge is 0.465 e. The van der Waals surface area contributed by atoms with Gasteiger partial charge in [-0.2, -0.15) is 0 Å². The number of amides is 2. The highest BCUT2D eigenvalue weighted by Crippen LogP contribution is 2.30. The number of piperidine rings is 1. The van der Waals surface area contributed by atoms with Crippen LogP contribution >= 0.6 is 0 Å². The van der Waals surface area contributed by atoms with E-state index in [1.165, 1.54) is 45.0 Å². The SMILES string of the molecule is CCN(CCC1CCN(C(=O)Nc2ccc(C(=O)OC)c(F)c2)CC1)CC1CC1. The molecule has 29 heavy (non-hydrogen) atoms. The number of carbonyl (C=O) groups excluding carboxylic acids is 2. The van der Waals surface area contributed by atoms with Gasteiger partial charge >= 0.3 is 12.0 Å². The van der Waals surface area contributed by atoms with E-state index < -0.39 is 11.8 Å². The molecule has 1 N–H and O–H groups in total. The highest BCUT2D eigenvalue weighted by molar-refractivity contribution is 5.92. The molecule has 0 spiro atoms. The van der Waals surface area contributed by atoms with E-state index in [0.29, 0.717) is 24.7 Å². The molecule has 0 bridgehead atoms. The highest BCUT2D eigenvalue weighted by atomic mass is 19.1. The summed E-state index contributed by atoms with van der Waals surface area (Å²) in [6.07, 6.45) is 5.98. The summed E-state index contributed by atoms with van der Waals surface area (Å²) < 4.78 is 18.6. The number of nitrogens with zero attached hydrogens (tertiary/aromatic N) is 2. The Morgan fingerprint density at radius 3 is 2.52 bits per heavy atom. The number of rotatable bonds is 8. The first kappa shape index (κ1) is 21.6. The second kappa shape index (κ2) is 10.1. The first-order valence-electron chi connectivity index (χ1n) is 10.7. The van der Waals surface area contributed by atoms with E-state index in [2.05, 4.69) is 21.9 Å². The number of anilines is 1. The second-order valence-electron chi connectivity index (χ2n) is 8.17. The number of likely N-dealkylation sites (tertiary alicyclic amines) is 1. The summed E-state index contributed by atoms with van der Waals surface area (Å²) in [4.78, 5) is 28.3. The van der Waals surface area contributed by atoms with Crippen molar-refractivity contribution in [3.63, 3.8) is 0 Å². The predicted octanol–water partition coefficient (Wildman–Crippen LogP) is 3.98. The lowest BCUT2D eigenvalue weighted by molar-refractivity contribution is 0.0595. The van der Waals surface area contributed by atoms with Crippen molar-refractivity contribution in [2.75, 3.05) is 45.2 Å². The van der Waals surface area contributed by atoms with Gasteiger partial charge < -0.3 is 19.9 Å². The van der Waals surface area contributed by atoms with Gasteiger partial charge in [-0.3, -0.25) is 0 Å². The summed E-state index contributed by atoms with van der Waals surface area (Å²) in [6, 6.07) is 3.76. The van der Waals surface area contributed by atoms with Crippen LogP contribution in [-0.4, -0.2) is 61.6 Å². The van der Waals surface area contributed by atoms with Crippen LogP contribution in [0.4, 0.5) is 14.9 Å². The lowest BCUT2D eigenvalue weighted by atomic mass is 9.93. The Kier molecular flexibility index (Phi) is 7.47. The topological polar surface area (TPSA) is 61.9 Å². The maximum absolute atomic E-state index is 14.0. The highest BCUT2D eigenvalue weighted by Gasteiger charge is 2.26. The molecule has 2 amide bonds. The van der Waals surface area contributed by atoms with Gasteiger partial charge in [0.05, 0.1) is 12.7 Å². The Hall–Kier alpha value is -2.15. The Labute approximate surface area is 172 Å². The van der Waals surface area contributed by atoms with Gasteiger partial charge in [-0.25, -0.2) is 14.0 Å². The number of hydrogen-bond donors (Lipinski definition) is 1. The molecular weight excluding hydrogens is 373 g/mol. The maximum Gasteiger partial charge on any atom is 0.340 e. The number of esters is 1. The molecule has 2 aliphatic rings. The third-order valence-corrected chi connectivity index (χ3v) is 6.04. The number of methoxy groups -OCH3 is 1. The fourth-order valence-corrected chi connectivity index (χ4v) is 3.90. The summed E-state index contributed by atoms with van der Waals surface area (Å²) >= 11 is 0. The molecule has 7 heteroatoms. The van der Waals surface area contributed by atoms with E-state index in [-0.39, 0.29) is 11.6 Å². The molecule has 1 aliphatic carbocycles. The van der Waals surface area contributed by atoms with Crippen LogP contribution in [0, 0.1) is 17.7 Å². The minimum atomic E-state index is -0.735. The molecule has 3 rings (SSSR count). The Morgan fingerprint density at radius 2 is 1.93 bits per heavy atom. The lowest BCUT2D eigenvalue weighted by Crippen LogP contribution is -2.41. The van der Waals surface area contributed by atoms with Crippen molar-refractivity contribution < 1.29 is 18.7 Å². The van der Waals surface area contributed by atoms with Gasteiger partial charge in [0.15, 0.2) is 0 Å². The van der Waals surface area contributed by atoms with E-state index in [9.17, 15) is 14.0 Å². The lowest BCUT2D eigenvalue weighted by Gasteiger charge is -2.33. The van der Waals surface area contributed by atoms with Crippen LogP contribution in [-0.2, 0) is 4.74 Å². The quantitative estimate of drug-likeness (QED) is 0.665. The van der Waals surface area contributed by atoms with Gasteiger partial charge in [-0.1, -0.05) is 6.92 Å². The number of halogens is 1. The summed E-state index contributed by atoms with van der Waals surface area (Å²) in [7, 11) is 1.20. The van der Waals surface area contributed by atoms with Gasteiger partial charge in [0.1, 0.15) is 5.82 Å². The molecule has 0 unspecified atom stereocenters. The standard InChI is InChI=1S/C22H32FN3O3/c1-3-25(15-17-4-5-17)11-8-16-9-12-26(13-10-16)22(28)24-18-6-7-19(20(23)14-18)21(27)29-2/h6-7,14,16-17H,3-5,8-13,15H2,1-2H3,(H,24,28). The zero-order chi connectivity index (χ0) is 20.8. The molecule has 1 saturated heterocycles. The number of ether oxygens (including phenoxy) is 1. The molecule has 0 aromatic heterocycles. The second-order valence-corrected chi connectivity index (χ2v) is 8.17. The normalized spacial score (nSPS) is 17.4. The fourth-order valence-electron chi connectivity index (χ4n) is 3.90. The molecule has 1 heterocycles. The van der Waals surface area contributed by atoms with Crippen LogP contribution in [0.1, 0.15) is 49.4 Å². The van der Waals surface area contributed by atoms with Gasteiger partial charge in [0.25, 0.3) is 0 Å². The van der Waals surface area contributed by atoms with Crippen LogP contribution in [0.3, 0.4) is 0 Å². The minimum Gasteiger partial charge on any atom is -0.465 e. The zero-order valence-electron chi connectivity index (χ0n) is 17.5. The molecule has 1 saturated carbocycles. The first-order valence-corrected chi connectivity index (χ1v) is 10.7. The summed E-state index contributed by atoms with van der Waals surface area (Å²) in [6.45, 7) is 7.17. The van der Waals surface area contributed by atoms with Crippen molar-refractivity contribution in [1.82, 2.24) is 9.80 Å². The maximum atomic E-state index is 14.0. The first-order chi connectivity index (χ1) is 14.0. The molecule has 1 aliphatic heterocycles. The van der Waals surface area contributed by atoms with E-state index >= 15 is 0 Å². The number of nitrogens with one attached hydrogen (secondary N) is 1. The van der Waals surface area contributed by atoms with Crippen LogP contribution in [0.5, 0.6) is 0 Å². The smallest absolute Gasteiger partial charge is 0.340 e. The number of urea groups is 1. The zero-order valence-corrected chi connectivity index (χ0v) is 17.5. The third-order valence-electron chi connectivity index (χ3n) is 6.04. The van der Waals surface area contributed by atoms with Crippen molar-refractivity contribution in [3.8, 4) is 0 Å². The molecule has 2 fully saturated rings. The van der Waals surface area contributed by atoms with E-state index in [1.807, 2.05) is 0 Å². The molecule has 0 radical (unpaired) electrons. The van der Waals surface area contributed by atoms with Gasteiger partial charge in [0, 0.05) is 25.3 Å². The molecule has 160 valence electrons. The van der Waals surface area contributed by atoms with Crippen LogP contribution in [0.25, 0.3) is 0 Å². The average molecular weight is 406 g/mol. The number of hydrogen-bond acceptors (Lipinski definition) is 4. The van der Waals surface area contributed by atoms with Crippen molar-refractivity contribution in [1.29, 1.82) is 0 Å². The number of carbonyl (C=O) groups is 2. The summed E-state index contributed by atoms with van der Waals surface area (Å²) in [5.74, 6) is 0.136. The summed E-state index contributed by atoms with van der Waals surface area (Å²) in [5.41, 5.74) is 0.190. The van der Waals surface area contributed by atoms with Crippen molar-refractivity contribution in [2.45, 2.75) is 39.0 Å². The Morgan fingerprint density at radius 1 is 1.21 bits per heavy atom. The monoisotopic (exact) mass is 405 g/mol. The third kappa shape index (κ3) is 6.16. The van der Waals surface area contributed by atoms with Crippen LogP contribution < -0.4 is 5.32 Å². The van der Waals surface area contributed by atoms with E-state index in [1.54, 1.807) is 4.90 Å². The summed E-state index contributed by atoms with van der Waals surface area (Å²) in [5, 5.41) is 2.73. The van der Waals surface area contributed by atoms with Gasteiger partial charge in [0.2, 0.25) is 0 Å². The molecule has 1 aromatic carbocycles. The van der Waals surface area contributed by atoms with Crippen LogP contribution in [0.2, 0.25) is 0 Å². The molecule has 6 nitrogen and oxygen atoms in total. The minimum absolute atomic E-state index is 0.144. The van der Waals surface area contributed by atoms with E-state index in [0.717, 1.165) is 37.9 Å². The predicted molar refractivity (Wildman–Crippen MR) is 111 cm³/mol. The Balaban J connectivity index is 1.42. The van der Waals surface area contributed by atoms with Gasteiger partial charge in [-0.15, -0.1) is 0 Å². The van der Waals surface area contributed by atoms with E-state index in [4.69, 9.17) is 0 Å². The molecule has 0 atom stereocenters.